The molecular formula is C29H29ClN6O3. The second-order valence-corrected chi connectivity index (χ2v) is 10.3. The molecule has 1 aromatic carbocycles. The van der Waals surface area contributed by atoms with Crippen molar-refractivity contribution < 1.29 is 9.90 Å². The molecule has 200 valence electrons. The Bertz CT molecular complexity index is 1650. The summed E-state index contributed by atoms with van der Waals surface area (Å²) in [5, 5.41) is 11.3. The average molecular weight is 545 g/mol. The number of fused-ring (bicyclic) bond motifs is 1. The SMILES string of the molecule is C=CC(=O)N1CCN(c2nc(=O)n(-c3ccccc3C(C)C)c3nc(-c4cccnc4O)c(Cl)cc23)[C@@H](C)C1. The van der Waals surface area contributed by atoms with Crippen LogP contribution in [0.15, 0.2) is 66.1 Å². The van der Waals surface area contributed by atoms with Gasteiger partial charge in [0.05, 0.1) is 27.4 Å². The van der Waals surface area contributed by atoms with Crippen molar-refractivity contribution in [1.82, 2.24) is 24.4 Å². The number of benzene rings is 1. The number of pyridine rings is 2. The Balaban J connectivity index is 1.78. The molecule has 0 radical (unpaired) electrons. The smallest absolute Gasteiger partial charge is 0.355 e. The van der Waals surface area contributed by atoms with Crippen molar-refractivity contribution in [2.24, 2.45) is 0 Å². The molecule has 3 aromatic heterocycles. The van der Waals surface area contributed by atoms with Gasteiger partial charge >= 0.3 is 5.69 Å². The van der Waals surface area contributed by atoms with E-state index in [0.29, 0.717) is 53.4 Å². The number of aromatic nitrogens is 4. The summed E-state index contributed by atoms with van der Waals surface area (Å²) < 4.78 is 1.50. The highest BCUT2D eigenvalue weighted by Gasteiger charge is 2.30. The monoisotopic (exact) mass is 544 g/mol. The number of rotatable bonds is 5. The third-order valence-corrected chi connectivity index (χ3v) is 7.32. The van der Waals surface area contributed by atoms with E-state index in [1.54, 1.807) is 23.1 Å². The number of carbonyl (C=O) groups is 1. The molecule has 1 fully saturated rings. The standard InChI is InChI=1S/C29H29ClN6O3/c1-5-24(37)34-13-14-35(18(4)16-34)26-21-15-22(30)25(20-10-8-12-31-28(20)38)32-27(21)36(29(39)33-26)23-11-7-6-9-19(23)17(2)3/h5-12,15,17-18H,1,13-14,16H2,2-4H3,(H,31,38)/t18-/m0/s1. The Hall–Kier alpha value is -4.24. The molecule has 0 saturated carbocycles. The number of hydrogen-bond acceptors (Lipinski definition) is 7. The lowest BCUT2D eigenvalue weighted by Crippen LogP contribution is -2.54. The topological polar surface area (TPSA) is 104 Å². The summed E-state index contributed by atoms with van der Waals surface area (Å²) in [5.41, 5.74) is 2.16. The van der Waals surface area contributed by atoms with E-state index in [9.17, 15) is 14.7 Å². The minimum atomic E-state index is -0.487. The second kappa shape index (κ2) is 10.5. The molecule has 39 heavy (non-hydrogen) atoms. The van der Waals surface area contributed by atoms with Crippen molar-refractivity contribution in [3.05, 3.63) is 82.4 Å². The van der Waals surface area contributed by atoms with E-state index in [0.717, 1.165) is 5.56 Å². The molecule has 0 bridgehead atoms. The normalized spacial score (nSPS) is 15.7. The summed E-state index contributed by atoms with van der Waals surface area (Å²) in [5.74, 6) is 0.231. The molecule has 5 rings (SSSR count). The molecule has 10 heteroatoms. The van der Waals surface area contributed by atoms with Gasteiger partial charge in [0.1, 0.15) is 5.82 Å². The molecule has 9 nitrogen and oxygen atoms in total. The zero-order chi connectivity index (χ0) is 27.8. The van der Waals surface area contributed by atoms with Gasteiger partial charge in [-0.25, -0.2) is 19.3 Å². The molecule has 4 heterocycles. The number of para-hydroxylation sites is 1. The zero-order valence-electron chi connectivity index (χ0n) is 22.0. The van der Waals surface area contributed by atoms with E-state index in [2.05, 4.69) is 30.4 Å². The van der Waals surface area contributed by atoms with Crippen LogP contribution >= 0.6 is 11.6 Å². The highest BCUT2D eigenvalue weighted by atomic mass is 35.5. The number of anilines is 1. The first-order chi connectivity index (χ1) is 18.7. The molecule has 1 N–H and O–H groups in total. The van der Waals surface area contributed by atoms with Gasteiger partial charge in [-0.2, -0.15) is 4.98 Å². The van der Waals surface area contributed by atoms with E-state index in [1.807, 2.05) is 36.1 Å². The Kier molecular flexibility index (Phi) is 7.10. The summed E-state index contributed by atoms with van der Waals surface area (Å²) >= 11 is 6.76. The number of aromatic hydroxyl groups is 1. The van der Waals surface area contributed by atoms with Crippen molar-refractivity contribution >= 4 is 34.4 Å². The van der Waals surface area contributed by atoms with Gasteiger partial charge in [0.15, 0.2) is 5.65 Å². The third kappa shape index (κ3) is 4.74. The van der Waals surface area contributed by atoms with Gasteiger partial charge in [0.2, 0.25) is 11.8 Å². The largest absolute Gasteiger partial charge is 0.493 e. The van der Waals surface area contributed by atoms with Crippen LogP contribution in [0.25, 0.3) is 28.0 Å². The van der Waals surface area contributed by atoms with Gasteiger partial charge in [-0.1, -0.05) is 50.2 Å². The second-order valence-electron chi connectivity index (χ2n) is 9.86. The predicted molar refractivity (Wildman–Crippen MR) is 153 cm³/mol. The molecule has 1 aliphatic heterocycles. The van der Waals surface area contributed by atoms with Crippen molar-refractivity contribution in [2.45, 2.75) is 32.7 Å². The van der Waals surface area contributed by atoms with E-state index < -0.39 is 5.69 Å². The van der Waals surface area contributed by atoms with Crippen LogP contribution < -0.4 is 10.6 Å². The molecule has 1 atom stereocenters. The van der Waals surface area contributed by atoms with Crippen LogP contribution in [0.3, 0.4) is 0 Å². The molecule has 0 unspecified atom stereocenters. The maximum atomic E-state index is 13.8. The number of nitrogens with zero attached hydrogens (tertiary/aromatic N) is 6. The lowest BCUT2D eigenvalue weighted by atomic mass is 10.0. The van der Waals surface area contributed by atoms with Crippen LogP contribution in [-0.4, -0.2) is 61.1 Å². The fourth-order valence-corrected chi connectivity index (χ4v) is 5.35. The number of halogens is 1. The quantitative estimate of drug-likeness (QED) is 0.367. The molecule has 1 aliphatic rings. The summed E-state index contributed by atoms with van der Waals surface area (Å²) in [6, 6.07) is 12.6. The van der Waals surface area contributed by atoms with Gasteiger partial charge in [-0.3, -0.25) is 4.79 Å². The fourth-order valence-electron chi connectivity index (χ4n) is 5.09. The minimum absolute atomic E-state index is 0.127. The van der Waals surface area contributed by atoms with E-state index >= 15 is 0 Å². The Labute approximate surface area is 231 Å². The van der Waals surface area contributed by atoms with Crippen molar-refractivity contribution in [2.75, 3.05) is 24.5 Å². The maximum Gasteiger partial charge on any atom is 0.355 e. The van der Waals surface area contributed by atoms with Gasteiger partial charge in [-0.05, 0) is 48.7 Å². The highest BCUT2D eigenvalue weighted by molar-refractivity contribution is 6.34. The van der Waals surface area contributed by atoms with Crippen LogP contribution in [0.1, 0.15) is 32.3 Å². The fraction of sp³-hybridized carbons (Fsp3) is 0.276. The maximum absolute atomic E-state index is 13.8. The molecule has 4 aromatic rings. The van der Waals surface area contributed by atoms with Crippen LogP contribution in [-0.2, 0) is 4.79 Å². The minimum Gasteiger partial charge on any atom is -0.493 e. The Morgan fingerprint density at radius 2 is 1.95 bits per heavy atom. The molecule has 1 saturated heterocycles. The molecule has 1 amide bonds. The van der Waals surface area contributed by atoms with Gasteiger partial charge in [0, 0.05) is 31.9 Å². The van der Waals surface area contributed by atoms with Crippen LogP contribution in [0.2, 0.25) is 5.02 Å². The predicted octanol–water partition coefficient (Wildman–Crippen LogP) is 4.55. The Morgan fingerprint density at radius 1 is 1.18 bits per heavy atom. The lowest BCUT2D eigenvalue weighted by molar-refractivity contribution is -0.126. The third-order valence-electron chi connectivity index (χ3n) is 7.03. The number of amides is 1. The van der Waals surface area contributed by atoms with Crippen LogP contribution in [0.4, 0.5) is 5.82 Å². The van der Waals surface area contributed by atoms with Crippen molar-refractivity contribution in [3.8, 4) is 22.8 Å². The van der Waals surface area contributed by atoms with Crippen molar-refractivity contribution in [3.63, 3.8) is 0 Å². The first-order valence-corrected chi connectivity index (χ1v) is 13.1. The van der Waals surface area contributed by atoms with Gasteiger partial charge in [0.25, 0.3) is 0 Å². The van der Waals surface area contributed by atoms with Gasteiger partial charge in [-0.15, -0.1) is 0 Å². The number of hydrogen-bond donors (Lipinski definition) is 1. The number of carbonyl (C=O) groups excluding carboxylic acids is 1. The summed E-state index contributed by atoms with van der Waals surface area (Å²) in [6.45, 7) is 11.1. The van der Waals surface area contributed by atoms with Gasteiger partial charge < -0.3 is 14.9 Å². The summed E-state index contributed by atoms with van der Waals surface area (Å²) in [6.07, 6.45) is 2.78. The van der Waals surface area contributed by atoms with Crippen LogP contribution in [0, 0.1) is 0 Å². The van der Waals surface area contributed by atoms with E-state index in [4.69, 9.17) is 16.6 Å². The highest BCUT2D eigenvalue weighted by Crippen LogP contribution is 2.37. The Morgan fingerprint density at radius 3 is 2.64 bits per heavy atom. The first-order valence-electron chi connectivity index (χ1n) is 12.8. The van der Waals surface area contributed by atoms with Crippen molar-refractivity contribution in [1.29, 1.82) is 0 Å². The van der Waals surface area contributed by atoms with E-state index in [-0.39, 0.29) is 28.8 Å². The zero-order valence-corrected chi connectivity index (χ0v) is 22.8. The summed E-state index contributed by atoms with van der Waals surface area (Å²) in [7, 11) is 0. The van der Waals surface area contributed by atoms with Crippen LogP contribution in [0.5, 0.6) is 5.88 Å². The number of piperazine rings is 1. The average Bonchev–Trinajstić information content (AvgIpc) is 2.92. The lowest BCUT2D eigenvalue weighted by Gasteiger charge is -2.40. The summed E-state index contributed by atoms with van der Waals surface area (Å²) in [4.78, 5) is 43.2. The molecule has 0 spiro atoms. The first kappa shape index (κ1) is 26.4. The molecule has 0 aliphatic carbocycles. The van der Waals surface area contributed by atoms with E-state index in [1.165, 1.54) is 16.8 Å². The molecular weight excluding hydrogens is 516 g/mol.